The molecule has 5 nitrogen and oxygen atoms in total. The first kappa shape index (κ1) is 14.6. The summed E-state index contributed by atoms with van der Waals surface area (Å²) >= 11 is 0.910. The molecule has 3 heterocycles. The van der Waals surface area contributed by atoms with Gasteiger partial charge in [0, 0.05) is 29.5 Å². The third-order valence-corrected chi connectivity index (χ3v) is 4.49. The standard InChI is InChI=1S/C18H11N3O2S/c22-17-16(24-18(23)21-17)9-11-3-4-15-14(8-11)13(5-7-20-15)12-2-1-6-19-10-12/h1-10H,(H,21,22,23)/b16-9-. The van der Waals surface area contributed by atoms with Crippen LogP contribution in [0, 0.1) is 0 Å². The number of thioether (sulfide) groups is 1. The molecular formula is C18H11N3O2S. The molecule has 0 spiro atoms. The first-order valence-electron chi connectivity index (χ1n) is 7.25. The van der Waals surface area contributed by atoms with Crippen LogP contribution in [0.5, 0.6) is 0 Å². The molecule has 0 unspecified atom stereocenters. The number of fused-ring (bicyclic) bond motifs is 1. The highest BCUT2D eigenvalue weighted by atomic mass is 32.2. The zero-order valence-electron chi connectivity index (χ0n) is 12.4. The topological polar surface area (TPSA) is 72.0 Å². The van der Waals surface area contributed by atoms with E-state index in [2.05, 4.69) is 15.3 Å². The van der Waals surface area contributed by atoms with E-state index in [9.17, 15) is 9.59 Å². The minimum absolute atomic E-state index is 0.343. The molecule has 0 atom stereocenters. The van der Waals surface area contributed by atoms with Crippen molar-refractivity contribution >= 4 is 39.9 Å². The molecule has 3 aromatic rings. The third-order valence-electron chi connectivity index (χ3n) is 3.68. The SMILES string of the molecule is O=C1NC(=O)/C(=C/c2ccc3nccc(-c4cccnc4)c3c2)S1. The number of carbonyl (C=O) groups is 2. The van der Waals surface area contributed by atoms with Gasteiger partial charge in [0.15, 0.2) is 0 Å². The molecule has 1 aromatic carbocycles. The maximum absolute atomic E-state index is 11.7. The summed E-state index contributed by atoms with van der Waals surface area (Å²) < 4.78 is 0. The van der Waals surface area contributed by atoms with E-state index in [1.54, 1.807) is 24.7 Å². The molecule has 0 aliphatic carbocycles. The van der Waals surface area contributed by atoms with Gasteiger partial charge in [-0.15, -0.1) is 0 Å². The summed E-state index contributed by atoms with van der Waals surface area (Å²) in [6.07, 6.45) is 7.01. The number of pyridine rings is 2. The Kier molecular flexibility index (Phi) is 3.59. The van der Waals surface area contributed by atoms with Crippen molar-refractivity contribution in [3.05, 3.63) is 65.5 Å². The van der Waals surface area contributed by atoms with E-state index in [0.717, 1.165) is 39.4 Å². The van der Waals surface area contributed by atoms with Gasteiger partial charge in [0.2, 0.25) is 0 Å². The lowest BCUT2D eigenvalue weighted by atomic mass is 10.0. The molecule has 1 aliphatic rings. The number of nitrogens with zero attached hydrogens (tertiary/aromatic N) is 2. The van der Waals surface area contributed by atoms with Crippen LogP contribution >= 0.6 is 11.8 Å². The van der Waals surface area contributed by atoms with E-state index in [-0.39, 0.29) is 11.1 Å². The van der Waals surface area contributed by atoms with Gasteiger partial charge in [-0.3, -0.25) is 24.9 Å². The fourth-order valence-electron chi connectivity index (χ4n) is 2.60. The molecule has 2 amide bonds. The summed E-state index contributed by atoms with van der Waals surface area (Å²) in [5.74, 6) is -0.358. The van der Waals surface area contributed by atoms with E-state index in [0.29, 0.717) is 4.91 Å². The molecule has 0 bridgehead atoms. The lowest BCUT2D eigenvalue weighted by Gasteiger charge is -2.07. The van der Waals surface area contributed by atoms with Crippen LogP contribution in [0.3, 0.4) is 0 Å². The lowest BCUT2D eigenvalue weighted by molar-refractivity contribution is -0.115. The number of hydrogen-bond donors (Lipinski definition) is 1. The number of amides is 2. The molecule has 1 fully saturated rings. The number of rotatable bonds is 2. The highest BCUT2D eigenvalue weighted by Crippen LogP contribution is 2.30. The van der Waals surface area contributed by atoms with Gasteiger partial charge in [-0.05, 0) is 53.2 Å². The van der Waals surface area contributed by atoms with Crippen LogP contribution in [0.1, 0.15) is 5.56 Å². The van der Waals surface area contributed by atoms with Crippen LogP contribution in [0.2, 0.25) is 0 Å². The average Bonchev–Trinajstić information content (AvgIpc) is 2.92. The van der Waals surface area contributed by atoms with Crippen molar-refractivity contribution in [3.63, 3.8) is 0 Å². The Hall–Kier alpha value is -2.99. The number of benzene rings is 1. The minimum Gasteiger partial charge on any atom is -0.282 e. The maximum atomic E-state index is 11.7. The van der Waals surface area contributed by atoms with Crippen molar-refractivity contribution in [1.82, 2.24) is 15.3 Å². The smallest absolute Gasteiger partial charge is 0.282 e. The van der Waals surface area contributed by atoms with Crippen LogP contribution < -0.4 is 5.32 Å². The molecule has 0 radical (unpaired) electrons. The molecular weight excluding hydrogens is 322 g/mol. The zero-order valence-corrected chi connectivity index (χ0v) is 13.2. The number of imide groups is 1. The predicted molar refractivity (Wildman–Crippen MR) is 94.1 cm³/mol. The molecule has 116 valence electrons. The first-order chi connectivity index (χ1) is 11.7. The summed E-state index contributed by atoms with van der Waals surface area (Å²) in [7, 11) is 0. The van der Waals surface area contributed by atoms with Gasteiger partial charge in [0.25, 0.3) is 11.1 Å². The largest absolute Gasteiger partial charge is 0.290 e. The van der Waals surface area contributed by atoms with E-state index in [4.69, 9.17) is 0 Å². The fourth-order valence-corrected chi connectivity index (χ4v) is 3.28. The second-order valence-corrected chi connectivity index (χ2v) is 6.24. The minimum atomic E-state index is -0.358. The van der Waals surface area contributed by atoms with Crippen molar-refractivity contribution in [2.75, 3.05) is 0 Å². The summed E-state index contributed by atoms with van der Waals surface area (Å²) in [6.45, 7) is 0. The normalized spacial score (nSPS) is 15.9. The van der Waals surface area contributed by atoms with Gasteiger partial charge in [0.05, 0.1) is 10.4 Å². The van der Waals surface area contributed by atoms with Gasteiger partial charge in [-0.25, -0.2) is 0 Å². The summed E-state index contributed by atoms with van der Waals surface area (Å²) in [5.41, 5.74) is 3.72. The second kappa shape index (κ2) is 5.90. The maximum Gasteiger partial charge on any atom is 0.290 e. The molecule has 2 aromatic heterocycles. The molecule has 4 rings (SSSR count). The molecule has 1 aliphatic heterocycles. The predicted octanol–water partition coefficient (Wildman–Crippen LogP) is 3.62. The van der Waals surface area contributed by atoms with Crippen molar-refractivity contribution in [2.24, 2.45) is 0 Å². The Morgan fingerprint density at radius 3 is 2.75 bits per heavy atom. The molecule has 1 saturated heterocycles. The lowest BCUT2D eigenvalue weighted by Crippen LogP contribution is -2.17. The quantitative estimate of drug-likeness (QED) is 0.725. The van der Waals surface area contributed by atoms with Gasteiger partial charge < -0.3 is 0 Å². The van der Waals surface area contributed by atoms with Crippen LogP contribution in [-0.4, -0.2) is 21.1 Å². The molecule has 6 heteroatoms. The Balaban J connectivity index is 1.85. The highest BCUT2D eigenvalue weighted by molar-refractivity contribution is 8.18. The van der Waals surface area contributed by atoms with Crippen molar-refractivity contribution < 1.29 is 9.59 Å². The van der Waals surface area contributed by atoms with Gasteiger partial charge in [-0.2, -0.15) is 0 Å². The van der Waals surface area contributed by atoms with E-state index >= 15 is 0 Å². The number of nitrogens with one attached hydrogen (secondary N) is 1. The molecule has 0 saturated carbocycles. The van der Waals surface area contributed by atoms with Crippen LogP contribution in [0.15, 0.2) is 59.9 Å². The van der Waals surface area contributed by atoms with Crippen molar-refractivity contribution in [3.8, 4) is 11.1 Å². The van der Waals surface area contributed by atoms with Crippen LogP contribution in [0.25, 0.3) is 28.1 Å². The average molecular weight is 333 g/mol. The Morgan fingerprint density at radius 2 is 2.00 bits per heavy atom. The number of carbonyl (C=O) groups excluding carboxylic acids is 2. The first-order valence-corrected chi connectivity index (χ1v) is 8.06. The van der Waals surface area contributed by atoms with Crippen LogP contribution in [0.4, 0.5) is 4.79 Å². The van der Waals surface area contributed by atoms with Gasteiger partial charge >= 0.3 is 0 Å². The van der Waals surface area contributed by atoms with Gasteiger partial charge in [-0.1, -0.05) is 12.1 Å². The summed E-state index contributed by atoms with van der Waals surface area (Å²) in [4.78, 5) is 31.9. The van der Waals surface area contributed by atoms with E-state index < -0.39 is 0 Å². The highest BCUT2D eigenvalue weighted by Gasteiger charge is 2.24. The summed E-state index contributed by atoms with van der Waals surface area (Å²) in [5, 5.41) is 2.88. The zero-order chi connectivity index (χ0) is 16.5. The Bertz CT molecular complexity index is 1000. The third kappa shape index (κ3) is 2.68. The molecule has 24 heavy (non-hydrogen) atoms. The van der Waals surface area contributed by atoms with Crippen LogP contribution in [-0.2, 0) is 4.79 Å². The fraction of sp³-hybridized carbons (Fsp3) is 0. The van der Waals surface area contributed by atoms with E-state index in [1.165, 1.54) is 0 Å². The van der Waals surface area contributed by atoms with Crippen molar-refractivity contribution in [2.45, 2.75) is 0 Å². The number of hydrogen-bond acceptors (Lipinski definition) is 5. The Morgan fingerprint density at radius 1 is 1.08 bits per heavy atom. The number of aromatic nitrogens is 2. The Labute approximate surface area is 141 Å². The van der Waals surface area contributed by atoms with E-state index in [1.807, 2.05) is 36.4 Å². The second-order valence-electron chi connectivity index (χ2n) is 5.23. The monoisotopic (exact) mass is 333 g/mol. The molecule has 1 N–H and O–H groups in total. The summed E-state index contributed by atoms with van der Waals surface area (Å²) in [6, 6.07) is 11.6. The van der Waals surface area contributed by atoms with Gasteiger partial charge in [0.1, 0.15) is 0 Å². The van der Waals surface area contributed by atoms with Crippen molar-refractivity contribution in [1.29, 1.82) is 0 Å².